The number of amides is 1. The zero-order valence-corrected chi connectivity index (χ0v) is 60.7. The lowest BCUT2D eigenvalue weighted by molar-refractivity contribution is -0.870. The van der Waals surface area contributed by atoms with Gasteiger partial charge in [0, 0.05) is 6.42 Å². The molecule has 520 valence electrons. The average molecular weight is 1250 g/mol. The SMILES string of the molecule is CCCCCCCCCC/C=C\CCCCCCCCCCCCCCCCCCCCCCCCCC(=O)NC(COP(=O)([O-])OCC[N+](C)(C)C)C(O)CCCCCCCCCCCCCCCCCCCCCCCCCCCCCCCC. The number of aliphatic hydroxyl groups is 1. The number of hydrogen-bond acceptors (Lipinski definition) is 6. The van der Waals surface area contributed by atoms with Crippen LogP contribution in [0.15, 0.2) is 12.2 Å². The van der Waals surface area contributed by atoms with Gasteiger partial charge in [-0.05, 0) is 38.5 Å². The number of likely N-dealkylation sites (N-methyl/N-ethyl adjacent to an activating group) is 1. The molecule has 2 N–H and O–H groups in total. The zero-order valence-electron chi connectivity index (χ0n) is 59.8. The Morgan fingerprint density at radius 2 is 0.632 bits per heavy atom. The molecule has 0 aromatic carbocycles. The lowest BCUT2D eigenvalue weighted by atomic mass is 10.0. The van der Waals surface area contributed by atoms with Crippen LogP contribution in [0.5, 0.6) is 0 Å². The largest absolute Gasteiger partial charge is 0.756 e. The minimum Gasteiger partial charge on any atom is -0.756 e. The van der Waals surface area contributed by atoms with Crippen LogP contribution in [0.2, 0.25) is 0 Å². The number of unbranched alkanes of at least 4 members (excludes halogenated alkanes) is 60. The molecule has 3 atom stereocenters. The predicted molar refractivity (Wildman–Crippen MR) is 381 cm³/mol. The lowest BCUT2D eigenvalue weighted by Gasteiger charge is -2.30. The van der Waals surface area contributed by atoms with Crippen LogP contribution in [0.25, 0.3) is 0 Å². The molecule has 8 nitrogen and oxygen atoms in total. The molecule has 0 aromatic heterocycles. The van der Waals surface area contributed by atoms with Crippen LogP contribution in [-0.4, -0.2) is 68.5 Å². The summed E-state index contributed by atoms with van der Waals surface area (Å²) in [5, 5.41) is 14.1. The first-order chi connectivity index (χ1) is 42.5. The minimum absolute atomic E-state index is 0.0163. The monoisotopic (exact) mass is 1250 g/mol. The Morgan fingerprint density at radius 1 is 0.391 bits per heavy atom. The van der Waals surface area contributed by atoms with E-state index in [2.05, 4.69) is 31.3 Å². The second-order valence-electron chi connectivity index (χ2n) is 28.8. The van der Waals surface area contributed by atoms with Crippen LogP contribution in [0.1, 0.15) is 431 Å². The number of nitrogens with zero attached hydrogens (tertiary/aromatic N) is 1. The normalized spacial score (nSPS) is 13.5. The van der Waals surface area contributed by atoms with E-state index in [-0.39, 0.29) is 19.1 Å². The van der Waals surface area contributed by atoms with Gasteiger partial charge in [-0.25, -0.2) is 0 Å². The van der Waals surface area contributed by atoms with Crippen LogP contribution in [0.4, 0.5) is 0 Å². The molecule has 0 spiro atoms. The molecule has 0 aromatic rings. The van der Waals surface area contributed by atoms with Crippen molar-refractivity contribution in [3.05, 3.63) is 12.2 Å². The number of phosphoric acid groups is 1. The van der Waals surface area contributed by atoms with Gasteiger partial charge in [0.15, 0.2) is 0 Å². The smallest absolute Gasteiger partial charge is 0.268 e. The third-order valence-electron chi connectivity index (χ3n) is 18.8. The summed E-state index contributed by atoms with van der Waals surface area (Å²) < 4.78 is 23.6. The van der Waals surface area contributed by atoms with Crippen molar-refractivity contribution in [3.8, 4) is 0 Å². The fraction of sp³-hybridized carbons (Fsp3) is 0.962. The van der Waals surface area contributed by atoms with Crippen LogP contribution in [0.3, 0.4) is 0 Å². The van der Waals surface area contributed by atoms with Crippen molar-refractivity contribution in [1.29, 1.82) is 0 Å². The predicted octanol–water partition coefficient (Wildman–Crippen LogP) is 25.0. The third-order valence-corrected chi connectivity index (χ3v) is 19.7. The van der Waals surface area contributed by atoms with E-state index in [1.165, 1.54) is 366 Å². The zero-order chi connectivity index (χ0) is 63.4. The number of carbonyl (C=O) groups excluding carboxylic acids is 1. The molecule has 0 fully saturated rings. The molecule has 1 amide bonds. The highest BCUT2D eigenvalue weighted by atomic mass is 31.2. The number of phosphoric ester groups is 1. The van der Waals surface area contributed by atoms with E-state index in [4.69, 9.17) is 9.05 Å². The summed E-state index contributed by atoms with van der Waals surface area (Å²) in [6.07, 6.45) is 90.5. The second kappa shape index (κ2) is 69.6. The van der Waals surface area contributed by atoms with Gasteiger partial charge in [0.2, 0.25) is 5.91 Å². The summed E-state index contributed by atoms with van der Waals surface area (Å²) in [5.41, 5.74) is 0. The van der Waals surface area contributed by atoms with Crippen molar-refractivity contribution < 1.29 is 32.9 Å². The van der Waals surface area contributed by atoms with Gasteiger partial charge in [-0.3, -0.25) is 9.36 Å². The first-order valence-corrected chi connectivity index (χ1v) is 41.0. The molecule has 87 heavy (non-hydrogen) atoms. The maximum absolute atomic E-state index is 13.1. The molecule has 9 heteroatoms. The molecule has 0 radical (unpaired) electrons. The van der Waals surface area contributed by atoms with E-state index < -0.39 is 20.0 Å². The molecular weight excluding hydrogens is 1090 g/mol. The molecular formula is C78H157N2O6P. The van der Waals surface area contributed by atoms with E-state index in [9.17, 15) is 19.4 Å². The topological polar surface area (TPSA) is 108 Å². The number of nitrogens with one attached hydrogen (secondary N) is 1. The van der Waals surface area contributed by atoms with E-state index >= 15 is 0 Å². The fourth-order valence-corrected chi connectivity index (χ4v) is 13.4. The Balaban J connectivity index is 3.91. The van der Waals surface area contributed by atoms with Crippen molar-refractivity contribution in [2.24, 2.45) is 0 Å². The van der Waals surface area contributed by atoms with Crippen molar-refractivity contribution >= 4 is 13.7 Å². The Labute approximate surface area is 545 Å². The van der Waals surface area contributed by atoms with Crippen molar-refractivity contribution in [3.63, 3.8) is 0 Å². The quantitative estimate of drug-likeness (QED) is 0.0272. The molecule has 3 unspecified atom stereocenters. The first-order valence-electron chi connectivity index (χ1n) is 39.5. The Hall–Kier alpha value is -0.760. The molecule has 0 rings (SSSR count). The average Bonchev–Trinajstić information content (AvgIpc) is 3.70. The number of rotatable bonds is 75. The van der Waals surface area contributed by atoms with Crippen LogP contribution >= 0.6 is 7.82 Å². The minimum atomic E-state index is -4.58. The highest BCUT2D eigenvalue weighted by Crippen LogP contribution is 2.38. The lowest BCUT2D eigenvalue weighted by Crippen LogP contribution is -2.46. The van der Waals surface area contributed by atoms with Crippen LogP contribution < -0.4 is 10.2 Å². The molecule has 0 heterocycles. The number of carbonyl (C=O) groups is 1. The van der Waals surface area contributed by atoms with Gasteiger partial charge in [0.25, 0.3) is 7.82 Å². The molecule has 0 saturated carbocycles. The van der Waals surface area contributed by atoms with Gasteiger partial charge in [-0.1, -0.05) is 398 Å². The van der Waals surface area contributed by atoms with E-state index in [1.54, 1.807) is 0 Å². The summed E-state index contributed by atoms with van der Waals surface area (Å²) in [5.74, 6) is -0.153. The molecule has 0 aliphatic carbocycles. The number of quaternary nitrogens is 1. The van der Waals surface area contributed by atoms with Crippen LogP contribution in [0, 0.1) is 0 Å². The maximum atomic E-state index is 13.1. The highest BCUT2D eigenvalue weighted by molar-refractivity contribution is 7.45. The molecule has 0 saturated heterocycles. The molecule has 0 aliphatic heterocycles. The summed E-state index contributed by atoms with van der Waals surface area (Å²) in [6.45, 7) is 4.80. The highest BCUT2D eigenvalue weighted by Gasteiger charge is 2.24. The second-order valence-corrected chi connectivity index (χ2v) is 30.2. The Bertz CT molecular complexity index is 1420. The molecule has 0 bridgehead atoms. The number of aliphatic hydroxyl groups excluding tert-OH is 1. The number of hydrogen-bond donors (Lipinski definition) is 2. The standard InChI is InChI=1S/C78H157N2O6P/c1-6-8-10-12-14-16-18-20-22-24-26-28-30-32-34-36-38-39-40-41-42-44-46-48-50-52-54-56-58-60-62-64-66-68-70-72-78(82)79-76(75-86-87(83,84)85-74-73-80(3,4)5)77(81)71-69-67-65-63-61-59-57-55-53-51-49-47-45-43-37-35-33-31-29-27-25-23-21-19-17-15-13-11-9-7-2/h24,26,76-77,81H,6-23,25,27-75H2,1-5H3,(H-,79,82,83,84)/b26-24-. The summed E-state index contributed by atoms with van der Waals surface area (Å²) in [4.78, 5) is 25.7. The van der Waals surface area contributed by atoms with Gasteiger partial charge in [-0.15, -0.1) is 0 Å². The summed E-state index contributed by atoms with van der Waals surface area (Å²) in [7, 11) is 1.33. The van der Waals surface area contributed by atoms with Gasteiger partial charge >= 0.3 is 0 Å². The number of allylic oxidation sites excluding steroid dienone is 2. The Morgan fingerprint density at radius 3 is 0.897 bits per heavy atom. The van der Waals surface area contributed by atoms with Gasteiger partial charge in [-0.2, -0.15) is 0 Å². The van der Waals surface area contributed by atoms with Gasteiger partial charge < -0.3 is 28.8 Å². The first kappa shape index (κ1) is 86.2. The van der Waals surface area contributed by atoms with E-state index in [1.807, 2.05) is 21.1 Å². The van der Waals surface area contributed by atoms with E-state index in [0.717, 1.165) is 38.5 Å². The fourth-order valence-electron chi connectivity index (χ4n) is 12.6. The summed E-state index contributed by atoms with van der Waals surface area (Å²) in [6, 6.07) is -0.799. The maximum Gasteiger partial charge on any atom is 0.268 e. The Kier molecular flexibility index (Phi) is 69.0. The molecule has 0 aliphatic rings. The van der Waals surface area contributed by atoms with Crippen LogP contribution in [-0.2, 0) is 18.4 Å². The van der Waals surface area contributed by atoms with E-state index in [0.29, 0.717) is 23.9 Å². The van der Waals surface area contributed by atoms with Crippen molar-refractivity contribution in [2.45, 2.75) is 443 Å². The van der Waals surface area contributed by atoms with Gasteiger partial charge in [0.1, 0.15) is 13.2 Å². The summed E-state index contributed by atoms with van der Waals surface area (Å²) >= 11 is 0. The van der Waals surface area contributed by atoms with Crippen molar-refractivity contribution in [1.82, 2.24) is 5.32 Å². The third kappa shape index (κ3) is 72.5. The van der Waals surface area contributed by atoms with Crippen molar-refractivity contribution in [2.75, 3.05) is 40.9 Å². The van der Waals surface area contributed by atoms with Gasteiger partial charge in [0.05, 0.1) is 39.9 Å².